The van der Waals surface area contributed by atoms with Gasteiger partial charge in [0.05, 0.1) is 5.41 Å². The minimum atomic E-state index is -0.261. The van der Waals surface area contributed by atoms with Crippen LogP contribution >= 0.6 is 0 Å². The van der Waals surface area contributed by atoms with Crippen molar-refractivity contribution in [3.8, 4) is 0 Å². The summed E-state index contributed by atoms with van der Waals surface area (Å²) in [5, 5.41) is 2.43. The third-order valence-corrected chi connectivity index (χ3v) is 3.11. The van der Waals surface area contributed by atoms with Crippen LogP contribution in [0, 0.1) is 5.41 Å². The monoisotopic (exact) mass is 182 g/mol. The lowest BCUT2D eigenvalue weighted by Gasteiger charge is -2.30. The van der Waals surface area contributed by atoms with E-state index in [1.54, 1.807) is 0 Å². The number of amides is 2. The lowest BCUT2D eigenvalue weighted by atomic mass is 9.79. The summed E-state index contributed by atoms with van der Waals surface area (Å²) in [4.78, 5) is 24.7. The lowest BCUT2D eigenvalue weighted by molar-refractivity contribution is -0.141. The van der Waals surface area contributed by atoms with E-state index in [0.29, 0.717) is 6.42 Å². The highest BCUT2D eigenvalue weighted by Gasteiger charge is 2.46. The van der Waals surface area contributed by atoms with Gasteiger partial charge in [0.2, 0.25) is 11.8 Å². The largest absolute Gasteiger partial charge is 0.305 e. The lowest BCUT2D eigenvalue weighted by Crippen LogP contribution is -2.49. The Morgan fingerprint density at radius 2 is 2.15 bits per heavy atom. The van der Waals surface area contributed by atoms with E-state index < -0.39 is 0 Å². The molecule has 2 saturated heterocycles. The molecule has 4 heteroatoms. The van der Waals surface area contributed by atoms with Crippen LogP contribution in [0.2, 0.25) is 0 Å². The fourth-order valence-electron chi connectivity index (χ4n) is 2.26. The molecular formula is C9H14N2O2. The molecule has 13 heavy (non-hydrogen) atoms. The van der Waals surface area contributed by atoms with E-state index in [1.807, 2.05) is 7.05 Å². The first-order chi connectivity index (χ1) is 6.12. The maximum absolute atomic E-state index is 11.6. The SMILES string of the molecule is CN1CCC2(CCC(=O)NC2=O)C1. The van der Waals surface area contributed by atoms with Gasteiger partial charge < -0.3 is 4.90 Å². The molecule has 1 unspecified atom stereocenters. The molecule has 0 bridgehead atoms. The van der Waals surface area contributed by atoms with Crippen molar-refractivity contribution < 1.29 is 9.59 Å². The predicted molar refractivity (Wildman–Crippen MR) is 46.9 cm³/mol. The smallest absolute Gasteiger partial charge is 0.234 e. The van der Waals surface area contributed by atoms with Crippen molar-refractivity contribution in [1.29, 1.82) is 0 Å². The quantitative estimate of drug-likeness (QED) is 0.525. The molecule has 2 amide bonds. The van der Waals surface area contributed by atoms with Crippen molar-refractivity contribution in [2.24, 2.45) is 5.41 Å². The van der Waals surface area contributed by atoms with Crippen LogP contribution in [0.1, 0.15) is 19.3 Å². The van der Waals surface area contributed by atoms with E-state index in [2.05, 4.69) is 10.2 Å². The summed E-state index contributed by atoms with van der Waals surface area (Å²) in [6, 6.07) is 0. The second-order valence-corrected chi connectivity index (χ2v) is 4.15. The number of carbonyl (C=O) groups is 2. The molecule has 0 aromatic rings. The van der Waals surface area contributed by atoms with Gasteiger partial charge in [-0.15, -0.1) is 0 Å². The Morgan fingerprint density at radius 1 is 1.38 bits per heavy atom. The first-order valence-corrected chi connectivity index (χ1v) is 4.65. The molecule has 4 nitrogen and oxygen atoms in total. The third-order valence-electron chi connectivity index (χ3n) is 3.11. The minimum Gasteiger partial charge on any atom is -0.305 e. The van der Waals surface area contributed by atoms with Crippen molar-refractivity contribution in [2.75, 3.05) is 20.1 Å². The van der Waals surface area contributed by atoms with E-state index in [9.17, 15) is 9.59 Å². The number of likely N-dealkylation sites (tertiary alicyclic amines) is 1. The van der Waals surface area contributed by atoms with Crippen LogP contribution in [0.15, 0.2) is 0 Å². The van der Waals surface area contributed by atoms with Crippen molar-refractivity contribution >= 4 is 11.8 Å². The number of rotatable bonds is 0. The van der Waals surface area contributed by atoms with Crippen LogP contribution < -0.4 is 5.32 Å². The summed E-state index contributed by atoms with van der Waals surface area (Å²) in [5.41, 5.74) is -0.261. The molecule has 0 aliphatic carbocycles. The number of imide groups is 1. The summed E-state index contributed by atoms with van der Waals surface area (Å²) < 4.78 is 0. The second kappa shape index (κ2) is 2.80. The summed E-state index contributed by atoms with van der Waals surface area (Å²) in [7, 11) is 2.01. The van der Waals surface area contributed by atoms with Gasteiger partial charge in [-0.1, -0.05) is 0 Å². The highest BCUT2D eigenvalue weighted by molar-refractivity contribution is 6.00. The van der Waals surface area contributed by atoms with E-state index in [0.717, 1.165) is 25.9 Å². The third kappa shape index (κ3) is 1.35. The summed E-state index contributed by atoms with van der Waals surface area (Å²) in [6.07, 6.45) is 2.12. The fraction of sp³-hybridized carbons (Fsp3) is 0.778. The Morgan fingerprint density at radius 3 is 2.69 bits per heavy atom. The van der Waals surface area contributed by atoms with Gasteiger partial charge in [-0.25, -0.2) is 0 Å². The maximum atomic E-state index is 11.6. The zero-order valence-electron chi connectivity index (χ0n) is 7.80. The van der Waals surface area contributed by atoms with Gasteiger partial charge >= 0.3 is 0 Å². The van der Waals surface area contributed by atoms with Crippen LogP contribution in [-0.4, -0.2) is 36.9 Å². The zero-order chi connectivity index (χ0) is 9.47. The van der Waals surface area contributed by atoms with Crippen molar-refractivity contribution in [1.82, 2.24) is 10.2 Å². The maximum Gasteiger partial charge on any atom is 0.234 e. The average Bonchev–Trinajstić information content (AvgIpc) is 2.43. The molecule has 1 atom stereocenters. The average molecular weight is 182 g/mol. The van der Waals surface area contributed by atoms with Crippen molar-refractivity contribution in [3.63, 3.8) is 0 Å². The minimum absolute atomic E-state index is 0.0619. The van der Waals surface area contributed by atoms with Crippen molar-refractivity contribution in [3.05, 3.63) is 0 Å². The van der Waals surface area contributed by atoms with Crippen molar-refractivity contribution in [2.45, 2.75) is 19.3 Å². The number of piperidine rings is 1. The fourth-order valence-corrected chi connectivity index (χ4v) is 2.26. The Bertz CT molecular complexity index is 264. The molecule has 2 fully saturated rings. The molecule has 0 aromatic heterocycles. The first-order valence-electron chi connectivity index (χ1n) is 4.65. The van der Waals surface area contributed by atoms with E-state index in [-0.39, 0.29) is 17.2 Å². The Labute approximate surface area is 77.3 Å². The summed E-state index contributed by atoms with van der Waals surface area (Å²) in [5.74, 6) is -0.182. The number of hydrogen-bond acceptors (Lipinski definition) is 3. The molecular weight excluding hydrogens is 168 g/mol. The number of carbonyl (C=O) groups excluding carboxylic acids is 2. The molecule has 2 aliphatic heterocycles. The van der Waals surface area contributed by atoms with Gasteiger partial charge in [-0.2, -0.15) is 0 Å². The molecule has 2 aliphatic rings. The molecule has 72 valence electrons. The number of hydrogen-bond donors (Lipinski definition) is 1. The number of nitrogens with zero attached hydrogens (tertiary/aromatic N) is 1. The Kier molecular flexibility index (Phi) is 1.87. The van der Waals surface area contributed by atoms with E-state index in [1.165, 1.54) is 0 Å². The molecule has 2 rings (SSSR count). The van der Waals surface area contributed by atoms with E-state index in [4.69, 9.17) is 0 Å². The van der Waals surface area contributed by atoms with Gasteiger partial charge in [0.15, 0.2) is 0 Å². The molecule has 0 aromatic carbocycles. The highest BCUT2D eigenvalue weighted by Crippen LogP contribution is 2.36. The Balaban J connectivity index is 2.15. The Hall–Kier alpha value is -0.900. The van der Waals surface area contributed by atoms with E-state index >= 15 is 0 Å². The summed E-state index contributed by atoms with van der Waals surface area (Å²) in [6.45, 7) is 1.76. The van der Waals surface area contributed by atoms with Crippen LogP contribution in [0.4, 0.5) is 0 Å². The standard InChI is InChI=1S/C9H14N2O2/c1-11-5-4-9(6-11)3-2-7(12)10-8(9)13/h2-6H2,1H3,(H,10,12,13). The zero-order valence-corrected chi connectivity index (χ0v) is 7.80. The second-order valence-electron chi connectivity index (χ2n) is 4.15. The van der Waals surface area contributed by atoms with Gasteiger partial charge in [-0.3, -0.25) is 14.9 Å². The molecule has 1 spiro atoms. The first kappa shape index (κ1) is 8.69. The van der Waals surface area contributed by atoms with Gasteiger partial charge in [0.25, 0.3) is 0 Å². The molecule has 0 saturated carbocycles. The summed E-state index contributed by atoms with van der Waals surface area (Å²) >= 11 is 0. The van der Waals surface area contributed by atoms with Crippen LogP contribution in [-0.2, 0) is 9.59 Å². The van der Waals surface area contributed by atoms with Gasteiger partial charge in [-0.05, 0) is 26.4 Å². The topological polar surface area (TPSA) is 49.4 Å². The predicted octanol–water partition coefficient (Wildman–Crippen LogP) is -0.255. The molecule has 0 radical (unpaired) electrons. The molecule has 1 N–H and O–H groups in total. The number of nitrogens with one attached hydrogen (secondary N) is 1. The molecule has 2 heterocycles. The van der Waals surface area contributed by atoms with Crippen LogP contribution in [0.25, 0.3) is 0 Å². The van der Waals surface area contributed by atoms with Crippen LogP contribution in [0.3, 0.4) is 0 Å². The van der Waals surface area contributed by atoms with Gasteiger partial charge in [0, 0.05) is 13.0 Å². The van der Waals surface area contributed by atoms with Crippen LogP contribution in [0.5, 0.6) is 0 Å². The highest BCUT2D eigenvalue weighted by atomic mass is 16.2. The van der Waals surface area contributed by atoms with Gasteiger partial charge in [0.1, 0.15) is 0 Å². The normalized spacial score (nSPS) is 35.5.